The van der Waals surface area contributed by atoms with Gasteiger partial charge in [-0.15, -0.1) is 0 Å². The molecule has 1 atom stereocenters. The lowest BCUT2D eigenvalue weighted by Crippen LogP contribution is -2.50. The average molecular weight is 175 g/mol. The summed E-state index contributed by atoms with van der Waals surface area (Å²) in [7, 11) is 0. The summed E-state index contributed by atoms with van der Waals surface area (Å²) in [6, 6.07) is 8.30. The second-order valence-corrected chi connectivity index (χ2v) is 3.53. The van der Waals surface area contributed by atoms with Gasteiger partial charge in [-0.25, -0.2) is 0 Å². The number of para-hydroxylation sites is 1. The van der Waals surface area contributed by atoms with Crippen molar-refractivity contribution in [2.75, 3.05) is 6.54 Å². The Balaban J connectivity index is 2.42. The number of hydrogen-bond donors (Lipinski definition) is 1. The average Bonchev–Trinajstić information content (AvgIpc) is 2.46. The van der Waals surface area contributed by atoms with Crippen LogP contribution in [0.5, 0.6) is 0 Å². The zero-order valence-corrected chi connectivity index (χ0v) is 7.90. The molecule has 0 aromatic heterocycles. The third-order valence-corrected chi connectivity index (χ3v) is 2.50. The Bertz CT molecular complexity index is 344. The summed E-state index contributed by atoms with van der Waals surface area (Å²) in [6.07, 6.45) is 5.26. The minimum absolute atomic E-state index is 0.465. The van der Waals surface area contributed by atoms with Gasteiger partial charge in [0, 0.05) is 17.7 Å². The Labute approximate surface area is 78.8 Å². The van der Waals surface area contributed by atoms with Crippen LogP contribution in [0.3, 0.4) is 0 Å². The predicted octanol–water partition coefficient (Wildman–Crippen LogP) is 2.26. The molecule has 1 unspecified atom stereocenters. The van der Waals surface area contributed by atoms with Crippen LogP contribution in [0.15, 0.2) is 30.5 Å². The summed E-state index contributed by atoms with van der Waals surface area (Å²) < 4.78 is 0.465. The van der Waals surface area contributed by atoms with Crippen LogP contribution in [0, 0.1) is 0 Å². The molecule has 0 saturated carbocycles. The third-order valence-electron chi connectivity index (χ3n) is 2.50. The van der Waals surface area contributed by atoms with Gasteiger partial charge < -0.3 is 0 Å². The Morgan fingerprint density at radius 3 is 2.85 bits per heavy atom. The topological polar surface area (TPSA) is 26.0 Å². The zero-order valence-electron chi connectivity index (χ0n) is 7.90. The molecule has 1 heterocycles. The maximum atomic E-state index is 6.23. The standard InChI is InChI=1S/C11H15N2/c1-2-8-13(12)9-7-10-5-3-4-6-11(10)13/h3-7,9H,2,8,12H2,1H3/q+1. The maximum Gasteiger partial charge on any atom is 0.164 e. The van der Waals surface area contributed by atoms with Crippen LogP contribution in [-0.2, 0) is 0 Å². The molecule has 0 spiro atoms. The molecule has 2 rings (SSSR count). The quantitative estimate of drug-likeness (QED) is 0.541. The van der Waals surface area contributed by atoms with Gasteiger partial charge >= 0.3 is 0 Å². The molecule has 0 saturated heterocycles. The van der Waals surface area contributed by atoms with E-state index >= 15 is 0 Å². The number of nitrogens with two attached hydrogens (primary N) is 1. The molecular weight excluding hydrogens is 160 g/mol. The van der Waals surface area contributed by atoms with Crippen molar-refractivity contribution in [3.8, 4) is 0 Å². The molecule has 1 aromatic rings. The van der Waals surface area contributed by atoms with Crippen LogP contribution in [0.25, 0.3) is 6.08 Å². The summed E-state index contributed by atoms with van der Waals surface area (Å²) in [4.78, 5) is 0. The van der Waals surface area contributed by atoms with E-state index in [4.69, 9.17) is 5.84 Å². The Kier molecular flexibility index (Phi) is 1.94. The van der Waals surface area contributed by atoms with Crippen LogP contribution in [-0.4, -0.2) is 6.54 Å². The summed E-state index contributed by atoms with van der Waals surface area (Å²) >= 11 is 0. The molecule has 13 heavy (non-hydrogen) atoms. The number of rotatable bonds is 2. The molecule has 68 valence electrons. The van der Waals surface area contributed by atoms with Gasteiger partial charge in [-0.1, -0.05) is 19.1 Å². The molecule has 2 N–H and O–H groups in total. The fraction of sp³-hybridized carbons (Fsp3) is 0.273. The predicted molar refractivity (Wildman–Crippen MR) is 56.6 cm³/mol. The maximum absolute atomic E-state index is 6.23. The number of fused-ring (bicyclic) bond motifs is 1. The van der Waals surface area contributed by atoms with Crippen molar-refractivity contribution in [2.45, 2.75) is 13.3 Å². The van der Waals surface area contributed by atoms with E-state index in [1.807, 2.05) is 12.1 Å². The Morgan fingerprint density at radius 2 is 2.08 bits per heavy atom. The van der Waals surface area contributed by atoms with E-state index in [2.05, 4.69) is 31.3 Å². The van der Waals surface area contributed by atoms with E-state index < -0.39 is 0 Å². The number of quaternary nitrogens is 1. The lowest BCUT2D eigenvalue weighted by molar-refractivity contribution is 0.392. The van der Waals surface area contributed by atoms with Crippen LogP contribution in [0.2, 0.25) is 0 Å². The Morgan fingerprint density at radius 1 is 1.31 bits per heavy atom. The third kappa shape index (κ3) is 1.28. The van der Waals surface area contributed by atoms with Crippen molar-refractivity contribution in [2.24, 2.45) is 5.84 Å². The highest BCUT2D eigenvalue weighted by Gasteiger charge is 2.29. The molecule has 0 radical (unpaired) electrons. The highest BCUT2D eigenvalue weighted by molar-refractivity contribution is 5.72. The van der Waals surface area contributed by atoms with Crippen LogP contribution >= 0.6 is 0 Å². The zero-order chi connectivity index (χ0) is 9.31. The van der Waals surface area contributed by atoms with Crippen molar-refractivity contribution >= 4 is 11.8 Å². The molecule has 0 amide bonds. The van der Waals surface area contributed by atoms with E-state index in [1.54, 1.807) is 0 Å². The van der Waals surface area contributed by atoms with E-state index in [1.165, 1.54) is 11.3 Å². The molecular formula is C11H15N2+. The highest BCUT2D eigenvalue weighted by Crippen LogP contribution is 2.31. The van der Waals surface area contributed by atoms with Gasteiger partial charge in [0.05, 0.1) is 0 Å². The second-order valence-electron chi connectivity index (χ2n) is 3.53. The molecule has 1 aliphatic heterocycles. The van der Waals surface area contributed by atoms with Gasteiger partial charge in [0.1, 0.15) is 12.7 Å². The Hall–Kier alpha value is -1.12. The fourth-order valence-electron chi connectivity index (χ4n) is 1.87. The number of benzene rings is 1. The minimum Gasteiger partial charge on any atom is -0.190 e. The van der Waals surface area contributed by atoms with E-state index in [9.17, 15) is 0 Å². The van der Waals surface area contributed by atoms with E-state index in [0.717, 1.165) is 13.0 Å². The van der Waals surface area contributed by atoms with Crippen LogP contribution < -0.4 is 10.4 Å². The number of hydrogen-bond acceptors (Lipinski definition) is 1. The van der Waals surface area contributed by atoms with Crippen molar-refractivity contribution in [3.05, 3.63) is 36.0 Å². The van der Waals surface area contributed by atoms with E-state index in [-0.39, 0.29) is 0 Å². The van der Waals surface area contributed by atoms with Gasteiger partial charge in [-0.2, -0.15) is 10.4 Å². The van der Waals surface area contributed by atoms with Gasteiger partial charge in [-0.3, -0.25) is 0 Å². The lowest BCUT2D eigenvalue weighted by atomic mass is 10.2. The van der Waals surface area contributed by atoms with Crippen molar-refractivity contribution < 1.29 is 0 Å². The first kappa shape index (κ1) is 8.48. The van der Waals surface area contributed by atoms with Gasteiger partial charge in [0.25, 0.3) is 0 Å². The molecule has 2 nitrogen and oxygen atoms in total. The smallest absolute Gasteiger partial charge is 0.164 e. The normalized spacial score (nSPS) is 24.8. The van der Waals surface area contributed by atoms with Gasteiger partial charge in [0.2, 0.25) is 0 Å². The van der Waals surface area contributed by atoms with Gasteiger partial charge in [-0.05, 0) is 12.5 Å². The summed E-state index contributed by atoms with van der Waals surface area (Å²) in [5.74, 6) is 6.23. The van der Waals surface area contributed by atoms with E-state index in [0.29, 0.717) is 4.59 Å². The van der Waals surface area contributed by atoms with Gasteiger partial charge in [0.15, 0.2) is 5.69 Å². The highest BCUT2D eigenvalue weighted by atomic mass is 15.6. The molecule has 0 fully saturated rings. The molecule has 1 aromatic carbocycles. The largest absolute Gasteiger partial charge is 0.190 e. The SMILES string of the molecule is CCC[N+]1(N)C=Cc2ccccc21. The fourth-order valence-corrected chi connectivity index (χ4v) is 1.87. The molecule has 0 aliphatic carbocycles. The summed E-state index contributed by atoms with van der Waals surface area (Å²) in [5.41, 5.74) is 2.46. The summed E-state index contributed by atoms with van der Waals surface area (Å²) in [6.45, 7) is 3.12. The first-order valence-corrected chi connectivity index (χ1v) is 4.71. The van der Waals surface area contributed by atoms with Crippen LogP contribution in [0.1, 0.15) is 18.9 Å². The minimum atomic E-state index is 0.465. The molecule has 0 bridgehead atoms. The molecule has 1 aliphatic rings. The first-order valence-electron chi connectivity index (χ1n) is 4.71. The first-order chi connectivity index (χ1) is 6.26. The van der Waals surface area contributed by atoms with Crippen molar-refractivity contribution in [1.82, 2.24) is 4.59 Å². The second kappa shape index (κ2) is 2.98. The summed E-state index contributed by atoms with van der Waals surface area (Å²) in [5, 5.41) is 0. The van der Waals surface area contributed by atoms with Crippen LogP contribution in [0.4, 0.5) is 5.69 Å². The van der Waals surface area contributed by atoms with Crippen molar-refractivity contribution in [1.29, 1.82) is 0 Å². The molecule has 2 heteroatoms. The number of nitrogens with zero attached hydrogens (tertiary/aromatic N) is 1. The monoisotopic (exact) mass is 175 g/mol. The lowest BCUT2D eigenvalue weighted by Gasteiger charge is -2.24. The van der Waals surface area contributed by atoms with Crippen molar-refractivity contribution in [3.63, 3.8) is 0 Å².